The second-order valence-corrected chi connectivity index (χ2v) is 9.23. The van der Waals surface area contributed by atoms with E-state index in [0.717, 1.165) is 18.4 Å². The number of likely N-dealkylation sites (tertiary alicyclic amines) is 1. The van der Waals surface area contributed by atoms with Crippen LogP contribution < -0.4 is 10.9 Å². The molecule has 2 N–H and O–H groups in total. The Bertz CT molecular complexity index is 1270. The third-order valence-corrected chi connectivity index (χ3v) is 6.71. The second kappa shape index (κ2) is 9.82. The van der Waals surface area contributed by atoms with Crippen molar-refractivity contribution >= 4 is 11.8 Å². The number of hydrogen-bond acceptors (Lipinski definition) is 4. The molecule has 3 heterocycles. The number of aromatic nitrogens is 2. The van der Waals surface area contributed by atoms with Gasteiger partial charge in [0, 0.05) is 24.4 Å². The lowest BCUT2D eigenvalue weighted by Gasteiger charge is -2.27. The van der Waals surface area contributed by atoms with Crippen molar-refractivity contribution in [3.63, 3.8) is 0 Å². The Morgan fingerprint density at radius 1 is 1.09 bits per heavy atom. The number of nitrogens with one attached hydrogen (secondary N) is 2. The van der Waals surface area contributed by atoms with Crippen LogP contribution in [-0.2, 0) is 16.0 Å². The molecule has 3 aromatic rings. The molecule has 0 spiro atoms. The third-order valence-electron chi connectivity index (χ3n) is 6.71. The van der Waals surface area contributed by atoms with E-state index in [9.17, 15) is 18.8 Å². The van der Waals surface area contributed by atoms with Gasteiger partial charge in [0.15, 0.2) is 0 Å². The molecule has 1 aromatic carbocycles. The van der Waals surface area contributed by atoms with Crippen LogP contribution in [0.15, 0.2) is 65.6 Å². The Hall–Kier alpha value is -3.81. The summed E-state index contributed by atoms with van der Waals surface area (Å²) in [6.45, 7) is 0.485. The van der Waals surface area contributed by atoms with Crippen LogP contribution in [-0.4, -0.2) is 39.3 Å². The molecule has 2 amide bonds. The first-order valence-electron chi connectivity index (χ1n) is 12.0. The molecule has 1 aliphatic carbocycles. The predicted molar refractivity (Wildman–Crippen MR) is 128 cm³/mol. The second-order valence-electron chi connectivity index (χ2n) is 9.23. The number of carbonyl (C=O) groups excluding carboxylic acids is 2. The minimum Gasteiger partial charge on any atom is -0.342 e. The maximum absolute atomic E-state index is 14.8. The number of halogens is 1. The Morgan fingerprint density at radius 3 is 2.57 bits per heavy atom. The zero-order chi connectivity index (χ0) is 24.4. The van der Waals surface area contributed by atoms with Gasteiger partial charge in [0.25, 0.3) is 0 Å². The maximum atomic E-state index is 14.8. The van der Waals surface area contributed by atoms with E-state index in [1.807, 2.05) is 30.3 Å². The van der Waals surface area contributed by atoms with Gasteiger partial charge < -0.3 is 15.2 Å². The quantitative estimate of drug-likeness (QED) is 0.514. The Labute approximate surface area is 202 Å². The van der Waals surface area contributed by atoms with E-state index in [1.165, 1.54) is 12.3 Å². The topological polar surface area (TPSA) is 95.2 Å². The number of amides is 2. The molecule has 8 heteroatoms. The van der Waals surface area contributed by atoms with Crippen LogP contribution in [0.4, 0.5) is 4.39 Å². The number of aromatic amines is 1. The van der Waals surface area contributed by atoms with E-state index in [4.69, 9.17) is 0 Å². The van der Waals surface area contributed by atoms with Crippen LogP contribution in [0.1, 0.15) is 60.0 Å². The predicted octanol–water partition coefficient (Wildman–Crippen LogP) is 3.23. The average Bonchev–Trinajstić information content (AvgIpc) is 3.58. The van der Waals surface area contributed by atoms with Gasteiger partial charge in [-0.15, -0.1) is 0 Å². The van der Waals surface area contributed by atoms with Gasteiger partial charge in [0.1, 0.15) is 6.04 Å². The molecule has 5 rings (SSSR count). The number of benzene rings is 1. The highest BCUT2D eigenvalue weighted by Crippen LogP contribution is 2.41. The van der Waals surface area contributed by atoms with Crippen LogP contribution in [0.3, 0.4) is 0 Å². The van der Waals surface area contributed by atoms with E-state index in [0.29, 0.717) is 36.2 Å². The van der Waals surface area contributed by atoms with Crippen molar-refractivity contribution in [3.8, 4) is 0 Å². The van der Waals surface area contributed by atoms with Gasteiger partial charge in [-0.3, -0.25) is 14.4 Å². The van der Waals surface area contributed by atoms with Crippen molar-refractivity contribution < 1.29 is 14.0 Å². The largest absolute Gasteiger partial charge is 0.342 e. The van der Waals surface area contributed by atoms with E-state index in [2.05, 4.69) is 15.3 Å². The summed E-state index contributed by atoms with van der Waals surface area (Å²) in [7, 11) is 0. The first-order chi connectivity index (χ1) is 17.0. The van der Waals surface area contributed by atoms with Crippen molar-refractivity contribution in [2.75, 3.05) is 6.54 Å². The number of nitrogens with zero attached hydrogens (tertiary/aromatic N) is 2. The molecule has 180 valence electrons. The summed E-state index contributed by atoms with van der Waals surface area (Å²) in [4.78, 5) is 46.1. The fourth-order valence-corrected chi connectivity index (χ4v) is 4.70. The summed E-state index contributed by atoms with van der Waals surface area (Å²) in [6, 6.07) is 14.6. The SMILES string of the molecule is O=C(N[C@@H](c1ccccc1)c1ccc(C2CC2)c(F)n1)[C@@H]1CCCN1C(=O)Cc1ccc(=O)[nH]c1. The number of pyridine rings is 2. The molecular weight excluding hydrogens is 447 g/mol. The van der Waals surface area contributed by atoms with Gasteiger partial charge in [0.2, 0.25) is 23.3 Å². The lowest BCUT2D eigenvalue weighted by Crippen LogP contribution is -2.47. The van der Waals surface area contributed by atoms with Gasteiger partial charge in [-0.25, -0.2) is 4.98 Å². The molecule has 0 radical (unpaired) electrons. The van der Waals surface area contributed by atoms with Gasteiger partial charge >= 0.3 is 0 Å². The molecule has 1 aliphatic heterocycles. The number of carbonyl (C=O) groups is 2. The monoisotopic (exact) mass is 474 g/mol. The molecule has 7 nitrogen and oxygen atoms in total. The smallest absolute Gasteiger partial charge is 0.247 e. The van der Waals surface area contributed by atoms with Gasteiger partial charge in [-0.05, 0) is 48.8 Å². The zero-order valence-corrected chi connectivity index (χ0v) is 19.2. The minimum absolute atomic E-state index is 0.0953. The fourth-order valence-electron chi connectivity index (χ4n) is 4.70. The van der Waals surface area contributed by atoms with Gasteiger partial charge in [0.05, 0.1) is 18.2 Å². The summed E-state index contributed by atoms with van der Waals surface area (Å²) in [6.07, 6.45) is 4.82. The molecule has 1 saturated heterocycles. The van der Waals surface area contributed by atoms with E-state index in [-0.39, 0.29) is 29.7 Å². The van der Waals surface area contributed by atoms with Crippen LogP contribution >= 0.6 is 0 Å². The molecule has 35 heavy (non-hydrogen) atoms. The maximum Gasteiger partial charge on any atom is 0.247 e. The summed E-state index contributed by atoms with van der Waals surface area (Å²) >= 11 is 0. The molecule has 1 saturated carbocycles. The van der Waals surface area contributed by atoms with Crippen LogP contribution in [0.2, 0.25) is 0 Å². The molecule has 2 aromatic heterocycles. The minimum atomic E-state index is -0.636. The molecule has 2 aliphatic rings. The summed E-state index contributed by atoms with van der Waals surface area (Å²) in [5, 5.41) is 3.03. The van der Waals surface area contributed by atoms with Crippen molar-refractivity contribution in [2.24, 2.45) is 0 Å². The van der Waals surface area contributed by atoms with E-state index >= 15 is 0 Å². The van der Waals surface area contributed by atoms with Crippen molar-refractivity contribution in [1.82, 2.24) is 20.2 Å². The summed E-state index contributed by atoms with van der Waals surface area (Å²) in [5.74, 6) is -0.718. The third kappa shape index (κ3) is 5.16. The lowest BCUT2D eigenvalue weighted by atomic mass is 10.0. The number of hydrogen-bond donors (Lipinski definition) is 2. The highest BCUT2D eigenvalue weighted by molar-refractivity contribution is 5.89. The summed E-state index contributed by atoms with van der Waals surface area (Å²) < 4.78 is 14.8. The Morgan fingerprint density at radius 2 is 1.89 bits per heavy atom. The number of H-pyrrole nitrogens is 1. The van der Waals surface area contributed by atoms with Crippen molar-refractivity contribution in [1.29, 1.82) is 0 Å². The standard InChI is InChI=1S/C27H27FN4O3/c28-26-20(18-9-10-18)11-12-21(30-26)25(19-5-2-1-3-6-19)31-27(35)22-7-4-14-32(22)24(34)15-17-8-13-23(33)29-16-17/h1-3,5-6,8,11-13,16,18,22,25H,4,7,9-10,14-15H2,(H,29,33)(H,31,35)/t22-,25-/m0/s1. The summed E-state index contributed by atoms with van der Waals surface area (Å²) in [5.41, 5.74) is 2.29. The Kier molecular flexibility index (Phi) is 6.44. The highest BCUT2D eigenvalue weighted by atomic mass is 19.1. The van der Waals surface area contributed by atoms with Gasteiger partial charge in [-0.1, -0.05) is 42.5 Å². The van der Waals surface area contributed by atoms with Crippen LogP contribution in [0.25, 0.3) is 0 Å². The normalized spacial score (nSPS) is 18.3. The Balaban J connectivity index is 1.35. The number of rotatable bonds is 7. The molecular formula is C27H27FN4O3. The van der Waals surface area contributed by atoms with Crippen molar-refractivity contribution in [3.05, 3.63) is 99.5 Å². The first kappa shape index (κ1) is 23.0. The van der Waals surface area contributed by atoms with Crippen molar-refractivity contribution in [2.45, 2.75) is 50.1 Å². The average molecular weight is 475 g/mol. The first-order valence-corrected chi connectivity index (χ1v) is 12.0. The highest BCUT2D eigenvalue weighted by Gasteiger charge is 2.36. The molecule has 0 unspecified atom stereocenters. The fraction of sp³-hybridized carbons (Fsp3) is 0.333. The zero-order valence-electron chi connectivity index (χ0n) is 19.2. The van der Waals surface area contributed by atoms with E-state index < -0.39 is 18.0 Å². The molecule has 2 atom stereocenters. The lowest BCUT2D eigenvalue weighted by molar-refractivity contribution is -0.138. The van der Waals surface area contributed by atoms with E-state index in [1.54, 1.807) is 23.1 Å². The van der Waals surface area contributed by atoms with Gasteiger partial charge in [-0.2, -0.15) is 4.39 Å². The molecule has 0 bridgehead atoms. The van der Waals surface area contributed by atoms with Crippen LogP contribution in [0.5, 0.6) is 0 Å². The molecule has 2 fully saturated rings. The van der Waals surface area contributed by atoms with Crippen LogP contribution in [0, 0.1) is 5.95 Å².